The molecule has 1 N–H and O–H groups in total. The molecule has 2 fully saturated rings. The molecular formula is C16H21NO3. The Morgan fingerprint density at radius 1 is 1.15 bits per heavy atom. The van der Waals surface area contributed by atoms with Crippen LogP contribution in [0, 0.1) is 11.8 Å². The van der Waals surface area contributed by atoms with E-state index < -0.39 is 0 Å². The van der Waals surface area contributed by atoms with Gasteiger partial charge >= 0.3 is 0 Å². The maximum atomic E-state index is 12.3. The summed E-state index contributed by atoms with van der Waals surface area (Å²) in [7, 11) is 3.17. The first-order valence-electron chi connectivity index (χ1n) is 7.24. The lowest BCUT2D eigenvalue weighted by Gasteiger charge is -2.23. The van der Waals surface area contributed by atoms with Crippen molar-refractivity contribution in [2.75, 3.05) is 14.2 Å². The molecule has 3 rings (SSSR count). The first kappa shape index (κ1) is 13.3. The number of carbonyl (C=O) groups is 1. The molecule has 4 nitrogen and oxygen atoms in total. The van der Waals surface area contributed by atoms with E-state index in [1.54, 1.807) is 32.4 Å². The van der Waals surface area contributed by atoms with E-state index in [4.69, 9.17) is 9.47 Å². The number of amides is 1. The van der Waals surface area contributed by atoms with Crippen molar-refractivity contribution in [3.8, 4) is 11.5 Å². The van der Waals surface area contributed by atoms with Crippen molar-refractivity contribution in [3.63, 3.8) is 0 Å². The van der Waals surface area contributed by atoms with Crippen molar-refractivity contribution in [1.82, 2.24) is 5.32 Å². The lowest BCUT2D eigenvalue weighted by Crippen LogP contribution is -2.38. The standard InChI is InChI=1S/C16H21NO3/c1-19-14-6-5-12(9-15(14)20-2)16(18)17-13-8-10-3-4-11(13)7-10/h5-6,9-11,13H,3-4,7-8H2,1-2H3,(H,17,18). The molecule has 0 radical (unpaired) electrons. The number of nitrogens with one attached hydrogen (secondary N) is 1. The molecule has 3 unspecified atom stereocenters. The number of fused-ring (bicyclic) bond motifs is 2. The van der Waals surface area contributed by atoms with E-state index in [0.29, 0.717) is 29.0 Å². The van der Waals surface area contributed by atoms with Crippen molar-refractivity contribution < 1.29 is 14.3 Å². The minimum Gasteiger partial charge on any atom is -0.493 e. The van der Waals surface area contributed by atoms with Crippen molar-refractivity contribution in [1.29, 1.82) is 0 Å². The molecule has 3 atom stereocenters. The SMILES string of the molecule is COc1ccc(C(=O)NC2CC3CCC2C3)cc1OC. The number of methoxy groups -OCH3 is 2. The number of benzene rings is 1. The second-order valence-corrected chi connectivity index (χ2v) is 5.82. The van der Waals surface area contributed by atoms with Crippen LogP contribution >= 0.6 is 0 Å². The summed E-state index contributed by atoms with van der Waals surface area (Å²) in [4.78, 5) is 12.3. The lowest BCUT2D eigenvalue weighted by atomic mass is 9.95. The number of hydrogen-bond acceptors (Lipinski definition) is 3. The summed E-state index contributed by atoms with van der Waals surface area (Å²) >= 11 is 0. The fourth-order valence-corrected chi connectivity index (χ4v) is 3.65. The van der Waals surface area contributed by atoms with Gasteiger partial charge in [0.2, 0.25) is 0 Å². The molecule has 0 saturated heterocycles. The smallest absolute Gasteiger partial charge is 0.251 e. The normalized spacial score (nSPS) is 27.4. The molecule has 2 bridgehead atoms. The maximum Gasteiger partial charge on any atom is 0.251 e. The number of carbonyl (C=O) groups excluding carboxylic acids is 1. The Bertz CT molecular complexity index is 514. The summed E-state index contributed by atoms with van der Waals surface area (Å²) in [5.74, 6) is 2.74. The van der Waals surface area contributed by atoms with Crippen LogP contribution in [-0.4, -0.2) is 26.2 Å². The van der Waals surface area contributed by atoms with Crippen LogP contribution in [-0.2, 0) is 0 Å². The van der Waals surface area contributed by atoms with E-state index in [9.17, 15) is 4.79 Å². The molecule has 2 saturated carbocycles. The van der Waals surface area contributed by atoms with E-state index >= 15 is 0 Å². The van der Waals surface area contributed by atoms with Gasteiger partial charge < -0.3 is 14.8 Å². The largest absolute Gasteiger partial charge is 0.493 e. The van der Waals surface area contributed by atoms with Crippen molar-refractivity contribution >= 4 is 5.91 Å². The van der Waals surface area contributed by atoms with Crippen LogP contribution in [0.15, 0.2) is 18.2 Å². The second-order valence-electron chi connectivity index (χ2n) is 5.82. The van der Waals surface area contributed by atoms with Gasteiger partial charge in [0.25, 0.3) is 5.91 Å². The highest BCUT2D eigenvalue weighted by Gasteiger charge is 2.40. The Hall–Kier alpha value is -1.71. The van der Waals surface area contributed by atoms with Gasteiger partial charge in [-0.15, -0.1) is 0 Å². The van der Waals surface area contributed by atoms with Crippen molar-refractivity contribution in [2.24, 2.45) is 11.8 Å². The highest BCUT2D eigenvalue weighted by Crippen LogP contribution is 2.44. The molecule has 2 aliphatic rings. The average molecular weight is 275 g/mol. The number of hydrogen-bond donors (Lipinski definition) is 1. The second kappa shape index (κ2) is 5.35. The zero-order valence-corrected chi connectivity index (χ0v) is 12.0. The Kier molecular flexibility index (Phi) is 3.55. The summed E-state index contributed by atoms with van der Waals surface area (Å²) in [6.45, 7) is 0. The van der Waals surface area contributed by atoms with Crippen LogP contribution in [0.5, 0.6) is 11.5 Å². The van der Waals surface area contributed by atoms with Crippen LogP contribution in [0.25, 0.3) is 0 Å². The summed E-state index contributed by atoms with van der Waals surface area (Å²) in [6, 6.07) is 5.65. The molecule has 1 amide bonds. The zero-order chi connectivity index (χ0) is 14.1. The molecule has 0 aliphatic heterocycles. The lowest BCUT2D eigenvalue weighted by molar-refractivity contribution is 0.0922. The van der Waals surface area contributed by atoms with Crippen LogP contribution in [0.2, 0.25) is 0 Å². The summed E-state index contributed by atoms with van der Waals surface area (Å²) in [5, 5.41) is 3.18. The van der Waals surface area contributed by atoms with Crippen LogP contribution < -0.4 is 14.8 Å². The number of ether oxygens (including phenoxy) is 2. The fraction of sp³-hybridized carbons (Fsp3) is 0.562. The van der Waals surface area contributed by atoms with E-state index in [2.05, 4.69) is 5.32 Å². The van der Waals surface area contributed by atoms with Gasteiger partial charge in [0.1, 0.15) is 0 Å². The summed E-state index contributed by atoms with van der Waals surface area (Å²) < 4.78 is 10.4. The molecule has 0 heterocycles. The molecule has 0 spiro atoms. The van der Waals surface area contributed by atoms with Gasteiger partial charge in [0.05, 0.1) is 14.2 Å². The Labute approximate surface area is 119 Å². The minimum absolute atomic E-state index is 0.0106. The highest BCUT2D eigenvalue weighted by molar-refractivity contribution is 5.95. The third kappa shape index (κ3) is 2.35. The molecule has 108 valence electrons. The Balaban J connectivity index is 1.71. The van der Waals surface area contributed by atoms with Crippen molar-refractivity contribution in [3.05, 3.63) is 23.8 Å². The fourth-order valence-electron chi connectivity index (χ4n) is 3.65. The maximum absolute atomic E-state index is 12.3. The van der Waals surface area contributed by atoms with Crippen molar-refractivity contribution in [2.45, 2.75) is 31.7 Å². The van der Waals surface area contributed by atoms with Gasteiger partial charge in [-0.1, -0.05) is 6.42 Å². The third-order valence-corrected chi connectivity index (χ3v) is 4.70. The van der Waals surface area contributed by atoms with Gasteiger partial charge in [-0.25, -0.2) is 0 Å². The van der Waals surface area contributed by atoms with Gasteiger partial charge in [-0.2, -0.15) is 0 Å². The molecular weight excluding hydrogens is 254 g/mol. The van der Waals surface area contributed by atoms with E-state index in [-0.39, 0.29) is 5.91 Å². The molecule has 20 heavy (non-hydrogen) atoms. The predicted octanol–water partition coefficient (Wildman–Crippen LogP) is 2.62. The monoisotopic (exact) mass is 275 g/mol. The average Bonchev–Trinajstić information content (AvgIpc) is 3.09. The van der Waals surface area contributed by atoms with Crippen LogP contribution in [0.4, 0.5) is 0 Å². The molecule has 1 aromatic rings. The van der Waals surface area contributed by atoms with E-state index in [1.807, 2.05) is 0 Å². The van der Waals surface area contributed by atoms with Crippen LogP contribution in [0.3, 0.4) is 0 Å². The van der Waals surface area contributed by atoms with Gasteiger partial charge in [0, 0.05) is 11.6 Å². The summed E-state index contributed by atoms with van der Waals surface area (Å²) in [5.41, 5.74) is 0.630. The number of rotatable bonds is 4. The quantitative estimate of drug-likeness (QED) is 0.919. The first-order chi connectivity index (χ1) is 9.71. The van der Waals surface area contributed by atoms with Gasteiger partial charge in [-0.3, -0.25) is 4.79 Å². The Morgan fingerprint density at radius 2 is 1.95 bits per heavy atom. The Morgan fingerprint density at radius 3 is 2.55 bits per heavy atom. The first-order valence-corrected chi connectivity index (χ1v) is 7.24. The minimum atomic E-state index is -0.0106. The molecule has 0 aromatic heterocycles. The molecule has 4 heteroatoms. The zero-order valence-electron chi connectivity index (χ0n) is 12.0. The topological polar surface area (TPSA) is 47.6 Å². The van der Waals surface area contributed by atoms with Gasteiger partial charge in [0.15, 0.2) is 11.5 Å². The molecule has 1 aromatic carbocycles. The van der Waals surface area contributed by atoms with E-state index in [0.717, 1.165) is 12.3 Å². The third-order valence-electron chi connectivity index (χ3n) is 4.70. The van der Waals surface area contributed by atoms with Gasteiger partial charge in [-0.05, 0) is 49.3 Å². The molecule has 2 aliphatic carbocycles. The predicted molar refractivity (Wildman–Crippen MR) is 76.2 cm³/mol. The summed E-state index contributed by atoms with van der Waals surface area (Å²) in [6.07, 6.45) is 5.04. The highest BCUT2D eigenvalue weighted by atomic mass is 16.5. The van der Waals surface area contributed by atoms with E-state index in [1.165, 1.54) is 19.3 Å². The van der Waals surface area contributed by atoms with Crippen LogP contribution in [0.1, 0.15) is 36.0 Å².